The van der Waals surface area contributed by atoms with E-state index in [1.807, 2.05) is 0 Å². The summed E-state index contributed by atoms with van der Waals surface area (Å²) in [6.07, 6.45) is 5.43. The summed E-state index contributed by atoms with van der Waals surface area (Å²) in [5.41, 5.74) is 2.51. The van der Waals surface area contributed by atoms with Crippen molar-refractivity contribution in [3.63, 3.8) is 0 Å². The largest absolute Gasteiger partial charge is 0.394 e. The number of fused-ring (bicyclic) bond motifs is 2. The molecule has 0 radical (unpaired) electrons. The molecule has 0 amide bonds. The quantitative estimate of drug-likeness (QED) is 0.235. The summed E-state index contributed by atoms with van der Waals surface area (Å²) >= 11 is 16.6. The zero-order chi connectivity index (χ0) is 28.0. The Hall–Kier alpha value is -0.650. The van der Waals surface area contributed by atoms with E-state index >= 15 is 0 Å². The maximum absolute atomic E-state index is 8.74. The molecule has 39 heavy (non-hydrogen) atoms. The van der Waals surface area contributed by atoms with Crippen LogP contribution in [0.2, 0.25) is 0 Å². The number of hydrogen-bond acceptors (Lipinski definition) is 5. The predicted octanol–water partition coefficient (Wildman–Crippen LogP) is 6.19. The first-order valence-corrected chi connectivity index (χ1v) is 15.7. The molecule has 4 rings (SSSR count). The van der Waals surface area contributed by atoms with Crippen molar-refractivity contribution < 1.29 is 22.3 Å². The monoisotopic (exact) mass is 644 g/mol. The van der Waals surface area contributed by atoms with Crippen LogP contribution in [0.5, 0.6) is 0 Å². The zero-order valence-corrected chi connectivity index (χ0v) is 26.0. The molecule has 2 saturated heterocycles. The molecule has 0 aliphatic carbocycles. The van der Waals surface area contributed by atoms with Crippen molar-refractivity contribution in [1.29, 1.82) is 0 Å². The van der Waals surface area contributed by atoms with E-state index in [1.54, 1.807) is 0 Å². The van der Waals surface area contributed by atoms with Gasteiger partial charge in [-0.05, 0) is 43.9 Å². The molecule has 2 N–H and O–H groups in total. The van der Waals surface area contributed by atoms with Crippen molar-refractivity contribution in [2.75, 3.05) is 44.3 Å². The van der Waals surface area contributed by atoms with Crippen molar-refractivity contribution in [3.8, 4) is 0 Å². The van der Waals surface area contributed by atoms with Gasteiger partial charge in [-0.1, -0.05) is 60.7 Å². The first-order chi connectivity index (χ1) is 18.2. The average molecular weight is 647 g/mol. The summed E-state index contributed by atoms with van der Waals surface area (Å²) in [5.74, 6) is 1.94. The van der Waals surface area contributed by atoms with E-state index in [-0.39, 0.29) is 18.5 Å². The lowest BCUT2D eigenvalue weighted by Crippen LogP contribution is -2.43. The molecule has 2 heterocycles. The van der Waals surface area contributed by atoms with Crippen LogP contribution in [0.25, 0.3) is 0 Å². The third kappa shape index (κ3) is 14.2. The molecule has 2 unspecified atom stereocenters. The molecule has 12 heteroatoms. The average Bonchev–Trinajstić information content (AvgIpc) is 3.08. The molecule has 0 spiro atoms. The molecule has 2 aliphatic heterocycles. The number of benzene rings is 2. The van der Waals surface area contributed by atoms with Crippen molar-refractivity contribution in [1.82, 2.24) is 9.80 Å². The van der Waals surface area contributed by atoms with Crippen molar-refractivity contribution in [2.24, 2.45) is 0 Å². The second-order valence-corrected chi connectivity index (χ2v) is 11.4. The number of halogens is 4. The van der Waals surface area contributed by atoms with Gasteiger partial charge < -0.3 is 9.64 Å². The van der Waals surface area contributed by atoms with Gasteiger partial charge in [0.15, 0.2) is 0 Å². The van der Waals surface area contributed by atoms with E-state index in [1.165, 1.54) is 36.8 Å². The molecule has 2 fully saturated rings. The van der Waals surface area contributed by atoms with Crippen LogP contribution >= 0.6 is 47.2 Å². The lowest BCUT2D eigenvalue weighted by Gasteiger charge is -2.38. The van der Waals surface area contributed by atoms with E-state index in [2.05, 4.69) is 77.5 Å². The normalized spacial score (nSPS) is 20.5. The molecule has 2 atom stereocenters. The molecule has 2 bridgehead atoms. The number of nitrogens with zero attached hydrogens (tertiary/aromatic N) is 2. The van der Waals surface area contributed by atoms with Gasteiger partial charge in [-0.3, -0.25) is 14.0 Å². The van der Waals surface area contributed by atoms with Crippen molar-refractivity contribution >= 4 is 57.6 Å². The maximum atomic E-state index is 8.74. The summed E-state index contributed by atoms with van der Waals surface area (Å²) in [7, 11) is -2.38. The zero-order valence-electron chi connectivity index (χ0n) is 22.1. The lowest BCUT2D eigenvalue weighted by atomic mass is 9.97. The molecule has 2 aliphatic rings. The van der Waals surface area contributed by atoms with Crippen LogP contribution < -0.4 is 0 Å². The molecule has 7 nitrogen and oxygen atoms in total. The second kappa shape index (κ2) is 19.5. The fourth-order valence-corrected chi connectivity index (χ4v) is 5.68. The van der Waals surface area contributed by atoms with E-state index in [0.717, 1.165) is 19.6 Å². The Bertz CT molecular complexity index is 932. The molecule has 2 aromatic rings. The molecule has 0 aromatic heterocycles. The number of ether oxygens (including phenoxy) is 1. The minimum absolute atomic E-state index is 0. The Morgan fingerprint density at radius 1 is 0.846 bits per heavy atom. The molecule has 0 saturated carbocycles. The molecule has 2 aromatic carbocycles. The van der Waals surface area contributed by atoms with Gasteiger partial charge in [0.2, 0.25) is 0 Å². The van der Waals surface area contributed by atoms with E-state index < -0.39 is 10.4 Å². The minimum Gasteiger partial charge on any atom is -0.365 e. The standard InChI is InChI=1S/C21H25NO.C6H12Cl3N.ClH.H2O4S/c1-22-18-12-13-19(22)15-20(14-18)23-21(16-8-4-2-5-9-16)17-10-6-3-7-11-17;7-1-4-10(5-2-8)6-3-9;;1-5(2,3)4/h2-11,18-21H,12-15H2,1H3;1-6H2;1H;(H2,1,2,3,4). The Labute approximate surface area is 254 Å². The van der Waals surface area contributed by atoms with E-state index in [0.29, 0.717) is 35.8 Å². The van der Waals surface area contributed by atoms with Gasteiger partial charge in [0, 0.05) is 49.4 Å². The van der Waals surface area contributed by atoms with Crippen molar-refractivity contribution in [2.45, 2.75) is 50.0 Å². The Morgan fingerprint density at radius 2 is 1.21 bits per heavy atom. The molecule has 222 valence electrons. The summed E-state index contributed by atoms with van der Waals surface area (Å²) < 4.78 is 38.2. The van der Waals surface area contributed by atoms with Crippen LogP contribution in [0.15, 0.2) is 60.7 Å². The third-order valence-corrected chi connectivity index (χ3v) is 7.30. The van der Waals surface area contributed by atoms with Gasteiger partial charge in [-0.15, -0.1) is 47.2 Å². The van der Waals surface area contributed by atoms with Crippen LogP contribution in [0, 0.1) is 0 Å². The third-order valence-electron chi connectivity index (χ3n) is 6.79. The number of alkyl halides is 3. The second-order valence-electron chi connectivity index (χ2n) is 9.34. The Morgan fingerprint density at radius 3 is 1.54 bits per heavy atom. The van der Waals surface area contributed by atoms with Gasteiger partial charge in [0.05, 0.1) is 6.10 Å². The van der Waals surface area contributed by atoms with Crippen LogP contribution in [0.3, 0.4) is 0 Å². The first-order valence-electron chi connectivity index (χ1n) is 12.7. The predicted molar refractivity (Wildman–Crippen MR) is 163 cm³/mol. The number of piperidine rings is 1. The van der Waals surface area contributed by atoms with Gasteiger partial charge in [-0.25, -0.2) is 0 Å². The highest BCUT2D eigenvalue weighted by molar-refractivity contribution is 7.79. The SMILES string of the molecule is CN1C2CCC1CC(OC(c1ccccc1)c1ccccc1)C2.Cl.ClCCN(CCCl)CCCl.O=S(=O)(O)O. The van der Waals surface area contributed by atoms with Crippen LogP contribution in [0.4, 0.5) is 0 Å². The highest BCUT2D eigenvalue weighted by Gasteiger charge is 2.39. The van der Waals surface area contributed by atoms with Crippen LogP contribution in [-0.4, -0.2) is 89.8 Å². The fourth-order valence-electron chi connectivity index (χ4n) is 4.96. The summed E-state index contributed by atoms with van der Waals surface area (Å²) in [6, 6.07) is 22.7. The van der Waals surface area contributed by atoms with Crippen molar-refractivity contribution in [3.05, 3.63) is 71.8 Å². The number of hydrogen-bond donors (Lipinski definition) is 2. The Kier molecular flexibility index (Phi) is 18.2. The van der Waals surface area contributed by atoms with Crippen LogP contribution in [-0.2, 0) is 15.1 Å². The fraction of sp³-hybridized carbons (Fsp3) is 0.556. The Balaban J connectivity index is 0.000000400. The summed E-state index contributed by atoms with van der Waals surface area (Å²) in [5, 5.41) is 0. The van der Waals surface area contributed by atoms with E-state index in [9.17, 15) is 0 Å². The lowest BCUT2D eigenvalue weighted by molar-refractivity contribution is -0.0426. The van der Waals surface area contributed by atoms with Gasteiger partial charge >= 0.3 is 10.4 Å². The number of rotatable bonds is 10. The highest BCUT2D eigenvalue weighted by Crippen LogP contribution is 2.38. The maximum Gasteiger partial charge on any atom is 0.394 e. The van der Waals surface area contributed by atoms with E-state index in [4.69, 9.17) is 57.1 Å². The van der Waals surface area contributed by atoms with Gasteiger partial charge in [0.25, 0.3) is 0 Å². The smallest absolute Gasteiger partial charge is 0.365 e. The highest BCUT2D eigenvalue weighted by atomic mass is 35.5. The minimum atomic E-state index is -4.67. The van der Waals surface area contributed by atoms with Gasteiger partial charge in [0.1, 0.15) is 6.10 Å². The summed E-state index contributed by atoms with van der Waals surface area (Å²) in [4.78, 5) is 4.72. The topological polar surface area (TPSA) is 90.3 Å². The van der Waals surface area contributed by atoms with Gasteiger partial charge in [-0.2, -0.15) is 8.42 Å². The van der Waals surface area contributed by atoms with Crippen LogP contribution in [0.1, 0.15) is 42.9 Å². The molecular weight excluding hydrogens is 606 g/mol. The summed E-state index contributed by atoms with van der Waals surface area (Å²) in [6.45, 7) is 2.63. The molecular formula is C27H40Cl4N2O5S. The first kappa shape index (κ1) is 36.4.